The van der Waals surface area contributed by atoms with Crippen LogP contribution in [0.15, 0.2) is 65.5 Å². The maximum absolute atomic E-state index is 14.6. The van der Waals surface area contributed by atoms with Gasteiger partial charge < -0.3 is 14.6 Å². The summed E-state index contributed by atoms with van der Waals surface area (Å²) in [5.74, 6) is 1.49. The zero-order valence-corrected chi connectivity index (χ0v) is 17.1. The second-order valence-electron chi connectivity index (χ2n) is 7.06. The fraction of sp³-hybridized carbons (Fsp3) is 0.182. The molecule has 0 atom stereocenters. The average molecular weight is 453 g/mol. The van der Waals surface area contributed by atoms with Gasteiger partial charge in [0.2, 0.25) is 0 Å². The second kappa shape index (κ2) is 7.48. The van der Waals surface area contributed by atoms with Gasteiger partial charge >= 0.3 is 0 Å². The highest BCUT2D eigenvalue weighted by Gasteiger charge is 2.27. The second-order valence-corrected chi connectivity index (χ2v) is 7.91. The van der Waals surface area contributed by atoms with Gasteiger partial charge in [-0.1, -0.05) is 24.3 Å². The van der Waals surface area contributed by atoms with Gasteiger partial charge in [0.05, 0.1) is 5.39 Å². The molecule has 146 valence electrons. The van der Waals surface area contributed by atoms with Gasteiger partial charge in [-0.05, 0) is 47.0 Å². The van der Waals surface area contributed by atoms with Crippen molar-refractivity contribution in [2.75, 3.05) is 5.32 Å². The molecule has 0 saturated heterocycles. The number of benzene rings is 2. The third-order valence-corrected chi connectivity index (χ3v) is 5.55. The highest BCUT2D eigenvalue weighted by molar-refractivity contribution is 9.10. The fourth-order valence-corrected chi connectivity index (χ4v) is 3.93. The summed E-state index contributed by atoms with van der Waals surface area (Å²) in [4.78, 5) is 8.81. The molecule has 1 fully saturated rings. The van der Waals surface area contributed by atoms with Crippen LogP contribution in [0.25, 0.3) is 11.0 Å². The molecule has 0 bridgehead atoms. The van der Waals surface area contributed by atoms with Crippen LogP contribution in [0, 0.1) is 5.82 Å². The maximum Gasteiger partial charge on any atom is 0.146 e. The number of halogens is 2. The van der Waals surface area contributed by atoms with Crippen molar-refractivity contribution < 1.29 is 9.13 Å². The summed E-state index contributed by atoms with van der Waals surface area (Å²) in [6.07, 6.45) is 5.94. The maximum atomic E-state index is 14.6. The lowest BCUT2D eigenvalue weighted by Crippen LogP contribution is -2.05. The molecule has 2 aromatic heterocycles. The lowest BCUT2D eigenvalue weighted by molar-refractivity contribution is 0.475. The number of anilines is 1. The summed E-state index contributed by atoms with van der Waals surface area (Å²) in [5.41, 5.74) is 1.43. The van der Waals surface area contributed by atoms with Gasteiger partial charge in [-0.2, -0.15) is 0 Å². The molecular formula is C22H18BrFN4O. The van der Waals surface area contributed by atoms with Crippen LogP contribution in [0.2, 0.25) is 0 Å². The first-order valence-corrected chi connectivity index (χ1v) is 10.2. The lowest BCUT2D eigenvalue weighted by Gasteiger charge is -2.10. The van der Waals surface area contributed by atoms with E-state index in [0.29, 0.717) is 35.5 Å². The van der Waals surface area contributed by atoms with Crippen LogP contribution in [0.3, 0.4) is 0 Å². The number of hydrogen-bond donors (Lipinski definition) is 1. The molecule has 5 nitrogen and oxygen atoms in total. The van der Waals surface area contributed by atoms with Crippen molar-refractivity contribution in [2.24, 2.45) is 0 Å². The third-order valence-electron chi connectivity index (χ3n) is 4.95. The summed E-state index contributed by atoms with van der Waals surface area (Å²) >= 11 is 3.61. The number of ether oxygens (including phenoxy) is 1. The largest absolute Gasteiger partial charge is 0.457 e. The predicted octanol–water partition coefficient (Wildman–Crippen LogP) is 6.07. The molecule has 1 aliphatic rings. The molecule has 1 saturated carbocycles. The van der Waals surface area contributed by atoms with E-state index in [9.17, 15) is 4.39 Å². The van der Waals surface area contributed by atoms with E-state index in [1.54, 1.807) is 18.5 Å². The molecular weight excluding hydrogens is 435 g/mol. The van der Waals surface area contributed by atoms with Crippen LogP contribution in [0.1, 0.15) is 24.4 Å². The van der Waals surface area contributed by atoms with Crippen LogP contribution in [-0.2, 0) is 6.54 Å². The van der Waals surface area contributed by atoms with E-state index >= 15 is 0 Å². The first-order chi connectivity index (χ1) is 14.2. The predicted molar refractivity (Wildman–Crippen MR) is 114 cm³/mol. The topological polar surface area (TPSA) is 52.0 Å². The van der Waals surface area contributed by atoms with Crippen LogP contribution >= 0.6 is 15.9 Å². The number of nitrogens with one attached hydrogen (secondary N) is 1. The highest BCUT2D eigenvalue weighted by atomic mass is 79.9. The molecule has 0 aliphatic heterocycles. The van der Waals surface area contributed by atoms with E-state index < -0.39 is 0 Å². The standard InChI is InChI=1S/C22H18BrFN4O/c23-18-12-28(15-7-8-15)22-20(18)21(26-13-27-22)25-11-14-6-9-17(10-19(14)24)29-16-4-2-1-3-5-16/h1-6,9-10,12-13,15H,7-8,11H2,(H,25,26,27). The Labute approximate surface area is 175 Å². The van der Waals surface area contributed by atoms with Crippen molar-refractivity contribution in [3.8, 4) is 11.5 Å². The van der Waals surface area contributed by atoms with Crippen molar-refractivity contribution in [1.29, 1.82) is 0 Å². The normalized spacial score (nSPS) is 13.6. The molecule has 2 aromatic carbocycles. The van der Waals surface area contributed by atoms with Crippen LogP contribution in [0.5, 0.6) is 11.5 Å². The number of hydrogen-bond acceptors (Lipinski definition) is 4. The van der Waals surface area contributed by atoms with Crippen molar-refractivity contribution >= 4 is 32.8 Å². The summed E-state index contributed by atoms with van der Waals surface area (Å²) in [7, 11) is 0. The number of aromatic nitrogens is 3. The minimum absolute atomic E-state index is 0.310. The molecule has 29 heavy (non-hydrogen) atoms. The highest BCUT2D eigenvalue weighted by Crippen LogP contribution is 2.41. The summed E-state index contributed by atoms with van der Waals surface area (Å²) in [5, 5.41) is 4.17. The van der Waals surface area contributed by atoms with Crippen LogP contribution < -0.4 is 10.1 Å². The SMILES string of the molecule is Fc1cc(Oc2ccccc2)ccc1CNc1ncnc2c1c(Br)cn2C1CC1. The van der Waals surface area contributed by atoms with Crippen molar-refractivity contribution in [1.82, 2.24) is 14.5 Å². The van der Waals surface area contributed by atoms with E-state index in [1.165, 1.54) is 18.9 Å². The van der Waals surface area contributed by atoms with Crippen LogP contribution in [-0.4, -0.2) is 14.5 Å². The van der Waals surface area contributed by atoms with Gasteiger partial charge in [0.1, 0.15) is 35.1 Å². The van der Waals surface area contributed by atoms with Gasteiger partial charge in [-0.3, -0.25) is 0 Å². The molecule has 0 amide bonds. The smallest absolute Gasteiger partial charge is 0.146 e. The Kier molecular flexibility index (Phi) is 4.67. The minimum atomic E-state index is -0.328. The number of nitrogens with zero attached hydrogens (tertiary/aromatic N) is 3. The molecule has 7 heteroatoms. The van der Waals surface area contributed by atoms with Gasteiger partial charge in [-0.25, -0.2) is 14.4 Å². The Morgan fingerprint density at radius 1 is 1.10 bits per heavy atom. The van der Waals surface area contributed by atoms with Crippen molar-refractivity contribution in [3.63, 3.8) is 0 Å². The lowest BCUT2D eigenvalue weighted by atomic mass is 10.2. The number of rotatable bonds is 6. The Morgan fingerprint density at radius 3 is 2.69 bits per heavy atom. The summed E-state index contributed by atoms with van der Waals surface area (Å²) < 4.78 is 23.4. The van der Waals surface area contributed by atoms with Gasteiger partial charge in [-0.15, -0.1) is 0 Å². The Bertz CT molecular complexity index is 1170. The minimum Gasteiger partial charge on any atom is -0.457 e. The van der Waals surface area contributed by atoms with E-state index in [-0.39, 0.29) is 5.82 Å². The fourth-order valence-electron chi connectivity index (χ4n) is 3.34. The quantitative estimate of drug-likeness (QED) is 0.385. The third kappa shape index (κ3) is 3.70. The molecule has 4 aromatic rings. The Morgan fingerprint density at radius 2 is 1.93 bits per heavy atom. The first kappa shape index (κ1) is 18.1. The zero-order chi connectivity index (χ0) is 19.8. The molecule has 0 radical (unpaired) electrons. The van der Waals surface area contributed by atoms with Crippen molar-refractivity contribution in [3.05, 3.63) is 76.9 Å². The van der Waals surface area contributed by atoms with Crippen LogP contribution in [0.4, 0.5) is 10.2 Å². The molecule has 0 spiro atoms. The van der Waals surface area contributed by atoms with Gasteiger partial charge in [0.25, 0.3) is 0 Å². The Hall–Kier alpha value is -2.93. The summed E-state index contributed by atoms with van der Waals surface area (Å²) in [6, 6.07) is 14.7. The number of para-hydroxylation sites is 1. The molecule has 1 N–H and O–H groups in total. The average Bonchev–Trinajstić information content (AvgIpc) is 3.52. The zero-order valence-electron chi connectivity index (χ0n) is 15.5. The Balaban J connectivity index is 1.35. The molecule has 1 aliphatic carbocycles. The molecule has 2 heterocycles. The van der Waals surface area contributed by atoms with E-state index in [1.807, 2.05) is 30.3 Å². The van der Waals surface area contributed by atoms with E-state index in [4.69, 9.17) is 4.74 Å². The van der Waals surface area contributed by atoms with E-state index in [0.717, 1.165) is 15.5 Å². The van der Waals surface area contributed by atoms with Gasteiger partial charge in [0, 0.05) is 34.9 Å². The first-order valence-electron chi connectivity index (χ1n) is 9.45. The van der Waals surface area contributed by atoms with Crippen molar-refractivity contribution in [2.45, 2.75) is 25.4 Å². The monoisotopic (exact) mass is 452 g/mol. The van der Waals surface area contributed by atoms with E-state index in [2.05, 4.69) is 42.0 Å². The van der Waals surface area contributed by atoms with Gasteiger partial charge in [0.15, 0.2) is 0 Å². The molecule has 5 rings (SSSR count). The summed E-state index contributed by atoms with van der Waals surface area (Å²) in [6.45, 7) is 0.310. The number of fused-ring (bicyclic) bond motifs is 1. The molecule has 0 unspecified atom stereocenters.